The maximum absolute atomic E-state index is 13.5. The molecule has 15 nitrogen and oxygen atoms in total. The van der Waals surface area contributed by atoms with Gasteiger partial charge in [-0.15, -0.1) is 0 Å². The van der Waals surface area contributed by atoms with Gasteiger partial charge in [0.1, 0.15) is 0 Å². The molecule has 0 unspecified atom stereocenters. The van der Waals surface area contributed by atoms with Crippen LogP contribution in [0.3, 0.4) is 0 Å². The summed E-state index contributed by atoms with van der Waals surface area (Å²) in [5, 5.41) is 26.3. The molecule has 12 N–H and O–H groups in total. The van der Waals surface area contributed by atoms with Gasteiger partial charge in [-0.3, -0.25) is 19.4 Å². The van der Waals surface area contributed by atoms with Gasteiger partial charge in [-0.05, 0) is 136 Å². The second-order valence-electron chi connectivity index (χ2n) is 14.1. The SMILES string of the molecule is CC.CC.CCc1ccc(NC(=S)NCCN(CCNC(=S)Nc2ccc(CC)cc2)CC(=O)c2ccc(NC(=S)NCCCCCCN(CCNC=O)CCNC(N)=O)cc2)cc1.CN. The number of Topliss-reactive ketones (excluding diaryl/α,β-unsaturated/α-hetero) is 1. The van der Waals surface area contributed by atoms with Gasteiger partial charge in [0.2, 0.25) is 6.41 Å². The van der Waals surface area contributed by atoms with Crippen molar-refractivity contribution in [3.8, 4) is 0 Å². The highest BCUT2D eigenvalue weighted by molar-refractivity contribution is 7.80. The van der Waals surface area contributed by atoms with Gasteiger partial charge in [0.15, 0.2) is 21.1 Å². The Kier molecular flexibility index (Phi) is 37.3. The number of ketones is 1. The van der Waals surface area contributed by atoms with Crippen molar-refractivity contribution in [2.75, 3.05) is 95.0 Å². The quantitative estimate of drug-likeness (QED) is 0.0164. The molecular formula is C48H80N12O3S3. The van der Waals surface area contributed by atoms with E-state index in [1.165, 1.54) is 18.2 Å². The fourth-order valence-electron chi connectivity index (χ4n) is 6.10. The zero-order chi connectivity index (χ0) is 49.4. The van der Waals surface area contributed by atoms with Crippen LogP contribution in [0.4, 0.5) is 21.9 Å². The molecule has 0 saturated heterocycles. The van der Waals surface area contributed by atoms with E-state index >= 15 is 0 Å². The minimum atomic E-state index is -0.542. The number of urea groups is 1. The maximum atomic E-state index is 13.5. The minimum absolute atomic E-state index is 0.00115. The summed E-state index contributed by atoms with van der Waals surface area (Å²) in [7, 11) is 1.50. The third-order valence-electron chi connectivity index (χ3n) is 9.57. The van der Waals surface area contributed by atoms with E-state index in [-0.39, 0.29) is 12.3 Å². The number of hydrogen-bond acceptors (Lipinski definition) is 9. The Bertz CT molecular complexity index is 1700. The van der Waals surface area contributed by atoms with Crippen molar-refractivity contribution in [3.05, 3.63) is 89.5 Å². The summed E-state index contributed by atoms with van der Waals surface area (Å²) in [6.45, 7) is 18.7. The van der Waals surface area contributed by atoms with E-state index in [2.05, 4.69) is 96.2 Å². The molecule has 66 heavy (non-hydrogen) atoms. The van der Waals surface area contributed by atoms with Crippen molar-refractivity contribution in [1.82, 2.24) is 36.4 Å². The number of carbonyl (C=O) groups is 3. The third-order valence-corrected chi connectivity index (χ3v) is 10.3. The van der Waals surface area contributed by atoms with Crippen LogP contribution in [-0.4, -0.2) is 122 Å². The summed E-state index contributed by atoms with van der Waals surface area (Å²) >= 11 is 16.6. The van der Waals surface area contributed by atoms with Crippen molar-refractivity contribution in [3.63, 3.8) is 0 Å². The van der Waals surface area contributed by atoms with Gasteiger partial charge in [-0.2, -0.15) is 0 Å². The van der Waals surface area contributed by atoms with Gasteiger partial charge in [0.05, 0.1) is 6.54 Å². The lowest BCUT2D eigenvalue weighted by Crippen LogP contribution is -2.43. The zero-order valence-electron chi connectivity index (χ0n) is 40.5. The molecule has 0 spiro atoms. The molecule has 0 aliphatic carbocycles. The molecule has 0 heterocycles. The summed E-state index contributed by atoms with van der Waals surface area (Å²) in [6, 6.07) is 23.2. The molecule has 0 radical (unpaired) electrons. The molecule has 0 aliphatic heterocycles. The third kappa shape index (κ3) is 29.5. The lowest BCUT2D eigenvalue weighted by molar-refractivity contribution is -0.109. The zero-order valence-corrected chi connectivity index (χ0v) is 43.0. The van der Waals surface area contributed by atoms with Crippen LogP contribution in [0.5, 0.6) is 0 Å². The van der Waals surface area contributed by atoms with Crippen LogP contribution >= 0.6 is 36.7 Å². The Balaban J connectivity index is 0.00000675. The number of anilines is 3. The number of aryl methyl sites for hydroxylation is 2. The number of nitrogens with zero attached hydrogens (tertiary/aromatic N) is 2. The van der Waals surface area contributed by atoms with Gasteiger partial charge >= 0.3 is 6.03 Å². The van der Waals surface area contributed by atoms with Crippen LogP contribution in [0.2, 0.25) is 0 Å². The van der Waals surface area contributed by atoms with Gasteiger partial charge in [-0.1, -0.05) is 78.6 Å². The van der Waals surface area contributed by atoms with E-state index in [1.54, 1.807) is 0 Å². The highest BCUT2D eigenvalue weighted by Crippen LogP contribution is 2.13. The first-order chi connectivity index (χ1) is 32.1. The Labute approximate surface area is 412 Å². The second kappa shape index (κ2) is 40.3. The first kappa shape index (κ1) is 61.0. The largest absolute Gasteiger partial charge is 0.362 e. The molecule has 368 valence electrons. The van der Waals surface area contributed by atoms with E-state index in [1.807, 2.05) is 76.2 Å². The van der Waals surface area contributed by atoms with Crippen molar-refractivity contribution in [2.45, 2.75) is 80.1 Å². The van der Waals surface area contributed by atoms with Crippen LogP contribution in [0.15, 0.2) is 72.8 Å². The fourth-order valence-corrected chi connectivity index (χ4v) is 6.76. The molecule has 18 heteroatoms. The number of rotatable bonds is 28. The molecule has 3 rings (SSSR count). The van der Waals surface area contributed by atoms with Crippen LogP contribution in [-0.2, 0) is 17.6 Å². The van der Waals surface area contributed by atoms with E-state index in [0.717, 1.165) is 68.7 Å². The molecule has 0 saturated carbocycles. The van der Waals surface area contributed by atoms with Crippen molar-refractivity contribution in [2.24, 2.45) is 11.5 Å². The maximum Gasteiger partial charge on any atom is 0.312 e. The number of nitrogens with two attached hydrogens (primary N) is 2. The van der Waals surface area contributed by atoms with Gasteiger partial charge in [0, 0.05) is 81.5 Å². The molecule has 0 fully saturated rings. The number of carbonyl (C=O) groups excluding carboxylic acids is 3. The van der Waals surface area contributed by atoms with Crippen LogP contribution in [0.25, 0.3) is 0 Å². The molecule has 0 aliphatic rings. The summed E-state index contributed by atoms with van der Waals surface area (Å²) < 4.78 is 0. The number of hydrogen-bond donors (Lipinski definition) is 10. The Morgan fingerprint density at radius 3 is 1.36 bits per heavy atom. The number of unbranched alkanes of at least 4 members (excludes halogenated alkanes) is 3. The summed E-state index contributed by atoms with van der Waals surface area (Å²) in [6.07, 6.45) is 6.66. The number of thiocarbonyl (C=S) groups is 3. The number of nitrogens with one attached hydrogen (secondary N) is 8. The van der Waals surface area contributed by atoms with Gasteiger partial charge < -0.3 is 54.0 Å². The monoisotopic (exact) mass is 969 g/mol. The van der Waals surface area contributed by atoms with E-state index in [0.29, 0.717) is 79.7 Å². The summed E-state index contributed by atoms with van der Waals surface area (Å²) in [4.78, 5) is 39.4. The van der Waals surface area contributed by atoms with Crippen LogP contribution in [0.1, 0.15) is 88.7 Å². The van der Waals surface area contributed by atoms with Crippen LogP contribution < -0.4 is 54.0 Å². The first-order valence-corrected chi connectivity index (χ1v) is 24.5. The van der Waals surface area contributed by atoms with E-state index in [4.69, 9.17) is 42.4 Å². The number of primary amides is 1. The van der Waals surface area contributed by atoms with Crippen molar-refractivity contribution >= 4 is 87.3 Å². The summed E-state index contributed by atoms with van der Waals surface area (Å²) in [5.41, 5.74) is 15.4. The van der Waals surface area contributed by atoms with Crippen molar-refractivity contribution < 1.29 is 14.4 Å². The van der Waals surface area contributed by atoms with E-state index in [9.17, 15) is 14.4 Å². The second-order valence-corrected chi connectivity index (χ2v) is 15.4. The highest BCUT2D eigenvalue weighted by Gasteiger charge is 2.14. The molecule has 3 aromatic rings. The Hall–Kier alpha value is -4.98. The molecule has 0 bridgehead atoms. The van der Waals surface area contributed by atoms with Gasteiger partial charge in [0.25, 0.3) is 0 Å². The molecule has 0 atom stereocenters. The number of amides is 3. The fraction of sp³-hybridized carbons (Fsp3) is 0.500. The number of benzene rings is 3. The normalized spacial score (nSPS) is 10.0. The van der Waals surface area contributed by atoms with Crippen LogP contribution in [0, 0.1) is 0 Å². The Morgan fingerprint density at radius 2 is 0.924 bits per heavy atom. The standard InChI is InChI=1S/C43H63N11O3S3.2C2H6.CH5N/c1-3-33-9-15-36(16-10-33)50-42(59)48-24-29-54(30-25-49-43(60)51-37-17-11-34(4-2)12-18-37)31-39(56)35-13-19-38(20-14-35)52-41(58)47-21-7-5-6-8-26-53(27-22-45-32-55)28-23-46-40(44)57;3*1-2/h9-20,32H,3-8,21-31H2,1-2H3,(H,45,55)(H3,44,46,57)(H2,47,52,58)(H2,48,50,59)(H2,49,51,60);2*1-2H3;2H2,1H3. The average Bonchev–Trinajstić information content (AvgIpc) is 3.33. The highest BCUT2D eigenvalue weighted by atomic mass is 32.1. The predicted octanol–water partition coefficient (Wildman–Crippen LogP) is 6.46. The molecular weight excluding hydrogens is 889 g/mol. The predicted molar refractivity (Wildman–Crippen MR) is 291 cm³/mol. The van der Waals surface area contributed by atoms with E-state index < -0.39 is 6.03 Å². The summed E-state index contributed by atoms with van der Waals surface area (Å²) in [5.74, 6) is -0.00115. The first-order valence-electron chi connectivity index (χ1n) is 23.3. The average molecular weight is 969 g/mol. The minimum Gasteiger partial charge on any atom is -0.362 e. The topological polar surface area (TPSA) is 206 Å². The molecule has 3 amide bonds. The lowest BCUT2D eigenvalue weighted by Gasteiger charge is -2.23. The lowest BCUT2D eigenvalue weighted by atomic mass is 10.1. The van der Waals surface area contributed by atoms with Gasteiger partial charge in [-0.25, -0.2) is 4.79 Å². The Morgan fingerprint density at radius 1 is 0.530 bits per heavy atom. The molecule has 3 aromatic carbocycles. The molecule has 0 aromatic heterocycles. The van der Waals surface area contributed by atoms with Crippen molar-refractivity contribution in [1.29, 1.82) is 0 Å². The smallest absolute Gasteiger partial charge is 0.312 e.